The van der Waals surface area contributed by atoms with Gasteiger partial charge < -0.3 is 4.55 Å². The zero-order valence-electron chi connectivity index (χ0n) is 18.1. The number of nitrogens with zero attached hydrogens (tertiary/aromatic N) is 1. The molecule has 4 aromatic rings. The number of hydrogen-bond acceptors (Lipinski definition) is 4. The normalized spacial score (nSPS) is 13.1. The lowest BCUT2D eigenvalue weighted by atomic mass is 9.93. The monoisotopic (exact) mass is 504 g/mol. The molecule has 1 heterocycles. The molecule has 0 aliphatic heterocycles. The number of nitrogens with one attached hydrogen (secondary N) is 1. The summed E-state index contributed by atoms with van der Waals surface area (Å²) in [6.45, 7) is 0. The SMILES string of the molecule is C[S+]([O-])c1ccc(-c2c(C(F)(F)F)n[nH]c2-c2ccccc2-c2ccc(S(C)(=O)=O)cc2)cc1. The fourth-order valence-electron chi connectivity index (χ4n) is 3.67. The van der Waals surface area contributed by atoms with E-state index in [1.54, 1.807) is 36.4 Å². The zero-order chi connectivity index (χ0) is 24.7. The van der Waals surface area contributed by atoms with E-state index in [2.05, 4.69) is 10.2 Å². The molecule has 3 aromatic carbocycles. The van der Waals surface area contributed by atoms with Crippen LogP contribution in [-0.4, -0.2) is 35.7 Å². The Morgan fingerprint density at radius 1 is 0.882 bits per heavy atom. The third-order valence-corrected chi connectivity index (χ3v) is 7.36. The topological polar surface area (TPSA) is 85.9 Å². The summed E-state index contributed by atoms with van der Waals surface area (Å²) in [6, 6.07) is 19.0. The van der Waals surface area contributed by atoms with Crippen LogP contribution in [-0.2, 0) is 27.2 Å². The van der Waals surface area contributed by atoms with Gasteiger partial charge >= 0.3 is 6.18 Å². The molecule has 1 aromatic heterocycles. The molecule has 1 atom stereocenters. The Labute approximate surface area is 197 Å². The van der Waals surface area contributed by atoms with Crippen LogP contribution < -0.4 is 0 Å². The van der Waals surface area contributed by atoms with Gasteiger partial charge in [0.2, 0.25) is 0 Å². The van der Waals surface area contributed by atoms with Crippen molar-refractivity contribution in [1.29, 1.82) is 0 Å². The number of halogens is 3. The van der Waals surface area contributed by atoms with Crippen molar-refractivity contribution in [3.63, 3.8) is 0 Å². The Morgan fingerprint density at radius 3 is 1.97 bits per heavy atom. The van der Waals surface area contributed by atoms with Gasteiger partial charge in [0, 0.05) is 17.4 Å². The molecule has 0 amide bonds. The summed E-state index contributed by atoms with van der Waals surface area (Å²) in [5.41, 5.74) is 0.960. The van der Waals surface area contributed by atoms with Crippen molar-refractivity contribution in [2.45, 2.75) is 16.0 Å². The number of hydrogen-bond donors (Lipinski definition) is 1. The van der Waals surface area contributed by atoms with E-state index in [0.29, 0.717) is 21.6 Å². The van der Waals surface area contributed by atoms with Gasteiger partial charge in [-0.15, -0.1) is 0 Å². The molecule has 10 heteroatoms. The van der Waals surface area contributed by atoms with E-state index >= 15 is 0 Å². The van der Waals surface area contributed by atoms with Crippen molar-refractivity contribution in [2.24, 2.45) is 0 Å². The van der Waals surface area contributed by atoms with Gasteiger partial charge in [-0.3, -0.25) is 5.10 Å². The predicted molar refractivity (Wildman–Crippen MR) is 125 cm³/mol. The van der Waals surface area contributed by atoms with Crippen molar-refractivity contribution in [3.05, 3.63) is 78.5 Å². The summed E-state index contributed by atoms with van der Waals surface area (Å²) in [5.74, 6) is 0. The largest absolute Gasteiger partial charge is 0.612 e. The first-order chi connectivity index (χ1) is 16.0. The molecule has 5 nitrogen and oxygen atoms in total. The summed E-state index contributed by atoms with van der Waals surface area (Å²) < 4.78 is 76.9. The lowest BCUT2D eigenvalue weighted by molar-refractivity contribution is -0.140. The Hall–Kier alpha value is -3.08. The van der Waals surface area contributed by atoms with Gasteiger partial charge in [-0.05, 0) is 64.3 Å². The molecule has 0 saturated carbocycles. The van der Waals surface area contributed by atoms with Crippen molar-refractivity contribution < 1.29 is 26.1 Å². The molecular weight excluding hydrogens is 485 g/mol. The molecule has 0 aliphatic rings. The molecule has 1 unspecified atom stereocenters. The molecule has 176 valence electrons. The van der Waals surface area contributed by atoms with Gasteiger partial charge in [-0.1, -0.05) is 36.4 Å². The van der Waals surface area contributed by atoms with Crippen molar-refractivity contribution in [2.75, 3.05) is 12.5 Å². The standard InChI is InChI=1S/C24H19F3N2O3S2/c1-33(30)17-11-7-16(8-12-17)21-22(28-29-23(21)24(25,26)27)20-6-4-3-5-19(20)15-9-13-18(14-10-15)34(2,31)32/h3-14H,1-2H3,(H,28,29). The highest BCUT2D eigenvalue weighted by atomic mass is 32.2. The fraction of sp³-hybridized carbons (Fsp3) is 0.125. The van der Waals surface area contributed by atoms with Crippen molar-refractivity contribution >= 4 is 21.0 Å². The second-order valence-electron chi connectivity index (χ2n) is 7.64. The molecule has 0 fully saturated rings. The second kappa shape index (κ2) is 8.94. The van der Waals surface area contributed by atoms with Gasteiger partial charge in [0.25, 0.3) is 0 Å². The van der Waals surface area contributed by atoms with E-state index in [0.717, 1.165) is 6.26 Å². The molecule has 0 aliphatic carbocycles. The fourth-order valence-corrected chi connectivity index (χ4v) is 4.82. The average molecular weight is 505 g/mol. The van der Waals surface area contributed by atoms with Gasteiger partial charge in [-0.2, -0.15) is 18.3 Å². The number of H-pyrrole nitrogens is 1. The molecule has 34 heavy (non-hydrogen) atoms. The number of aromatic amines is 1. The maximum absolute atomic E-state index is 13.9. The van der Waals surface area contributed by atoms with Crippen LogP contribution in [0, 0.1) is 0 Å². The van der Waals surface area contributed by atoms with E-state index in [1.807, 2.05) is 0 Å². The maximum Gasteiger partial charge on any atom is 0.435 e. The van der Waals surface area contributed by atoms with Crippen LogP contribution in [0.3, 0.4) is 0 Å². The van der Waals surface area contributed by atoms with Crippen LogP contribution in [0.15, 0.2) is 82.6 Å². The Morgan fingerprint density at radius 2 is 1.44 bits per heavy atom. The minimum atomic E-state index is -4.71. The zero-order valence-corrected chi connectivity index (χ0v) is 19.7. The smallest absolute Gasteiger partial charge is 0.435 e. The molecule has 0 bridgehead atoms. The van der Waals surface area contributed by atoms with E-state index in [-0.39, 0.29) is 21.7 Å². The van der Waals surface area contributed by atoms with Gasteiger partial charge in [-0.25, -0.2) is 8.42 Å². The Bertz CT molecular complexity index is 1430. The first-order valence-electron chi connectivity index (χ1n) is 9.96. The summed E-state index contributed by atoms with van der Waals surface area (Å²) in [6.07, 6.45) is -2.11. The summed E-state index contributed by atoms with van der Waals surface area (Å²) in [4.78, 5) is 0.637. The van der Waals surface area contributed by atoms with Crippen molar-refractivity contribution in [1.82, 2.24) is 10.2 Å². The predicted octanol–water partition coefficient (Wildman–Crippen LogP) is 5.57. The highest BCUT2D eigenvalue weighted by Gasteiger charge is 2.39. The molecule has 0 spiro atoms. The first kappa shape index (κ1) is 24.1. The van der Waals surface area contributed by atoms with Crippen LogP contribution in [0.4, 0.5) is 13.2 Å². The van der Waals surface area contributed by atoms with E-state index in [4.69, 9.17) is 0 Å². The lowest BCUT2D eigenvalue weighted by Crippen LogP contribution is -2.07. The van der Waals surface area contributed by atoms with Crippen LogP contribution in [0.1, 0.15) is 5.69 Å². The highest BCUT2D eigenvalue weighted by Crippen LogP contribution is 2.43. The van der Waals surface area contributed by atoms with E-state index in [1.165, 1.54) is 42.7 Å². The summed E-state index contributed by atoms with van der Waals surface area (Å²) in [5, 5.41) is 6.14. The number of aromatic nitrogens is 2. The molecule has 1 N–H and O–H groups in total. The molecular formula is C24H19F3N2O3S2. The summed E-state index contributed by atoms with van der Waals surface area (Å²) >= 11 is -1.27. The molecule has 0 saturated heterocycles. The Balaban J connectivity index is 1.91. The van der Waals surface area contributed by atoms with Crippen LogP contribution >= 0.6 is 0 Å². The summed E-state index contributed by atoms with van der Waals surface area (Å²) in [7, 11) is -3.39. The quantitative estimate of drug-likeness (QED) is 0.360. The van der Waals surface area contributed by atoms with Crippen LogP contribution in [0.2, 0.25) is 0 Å². The first-order valence-corrected chi connectivity index (χ1v) is 13.4. The van der Waals surface area contributed by atoms with Crippen LogP contribution in [0.5, 0.6) is 0 Å². The third kappa shape index (κ3) is 4.75. The minimum absolute atomic E-state index is 0.124. The average Bonchev–Trinajstić information content (AvgIpc) is 3.24. The van der Waals surface area contributed by atoms with Gasteiger partial charge in [0.15, 0.2) is 20.4 Å². The molecule has 0 radical (unpaired) electrons. The molecule has 4 rings (SSSR count). The van der Waals surface area contributed by atoms with Gasteiger partial charge in [0.05, 0.1) is 10.6 Å². The Kier molecular flexibility index (Phi) is 6.32. The number of benzene rings is 3. The second-order valence-corrected chi connectivity index (χ2v) is 11.0. The van der Waals surface area contributed by atoms with Crippen molar-refractivity contribution in [3.8, 4) is 33.5 Å². The number of alkyl halides is 3. The number of sulfone groups is 1. The van der Waals surface area contributed by atoms with Gasteiger partial charge in [0.1, 0.15) is 6.26 Å². The lowest BCUT2D eigenvalue weighted by Gasteiger charge is -2.13. The third-order valence-electron chi connectivity index (χ3n) is 5.30. The van der Waals surface area contributed by atoms with E-state index in [9.17, 15) is 26.1 Å². The minimum Gasteiger partial charge on any atom is -0.612 e. The van der Waals surface area contributed by atoms with Crippen LogP contribution in [0.25, 0.3) is 33.5 Å². The van der Waals surface area contributed by atoms with E-state index < -0.39 is 32.9 Å². The maximum atomic E-state index is 13.9. The highest BCUT2D eigenvalue weighted by molar-refractivity contribution is 7.91. The number of rotatable bonds is 5.